The molecule has 0 aliphatic carbocycles. The Morgan fingerprint density at radius 2 is 1.09 bits per heavy atom. The standard InChI is InChI=1S/C26H48O6/c1-5-8-11-16-24(27)30-21-14-15-23(32-26(29)18-13-10-7-3)20-19-22(4)31-25(28)17-12-9-6-2/h22-23H,5-21H2,1-4H3. The SMILES string of the molecule is CCCCCC(=O)OCCCC(CCC(C)OC(=O)CCCCC)OC(=O)CCCCC. The van der Waals surface area contributed by atoms with Gasteiger partial charge < -0.3 is 14.2 Å². The van der Waals surface area contributed by atoms with E-state index in [9.17, 15) is 14.4 Å². The minimum absolute atomic E-state index is 0.157. The molecule has 0 aliphatic rings. The lowest BCUT2D eigenvalue weighted by molar-refractivity contribution is -0.153. The zero-order valence-corrected chi connectivity index (χ0v) is 21.1. The Balaban J connectivity index is 4.39. The monoisotopic (exact) mass is 456 g/mol. The molecular weight excluding hydrogens is 408 g/mol. The Hall–Kier alpha value is -1.59. The van der Waals surface area contributed by atoms with E-state index in [4.69, 9.17) is 14.2 Å². The molecule has 0 bridgehead atoms. The third kappa shape index (κ3) is 19.1. The van der Waals surface area contributed by atoms with Gasteiger partial charge in [0.25, 0.3) is 0 Å². The predicted molar refractivity (Wildman–Crippen MR) is 127 cm³/mol. The Bertz CT molecular complexity index is 491. The van der Waals surface area contributed by atoms with Crippen LogP contribution in [-0.2, 0) is 28.6 Å². The molecule has 6 heteroatoms. The van der Waals surface area contributed by atoms with Gasteiger partial charge in [-0.25, -0.2) is 0 Å². The van der Waals surface area contributed by atoms with Crippen LogP contribution in [0.25, 0.3) is 0 Å². The summed E-state index contributed by atoms with van der Waals surface area (Å²) < 4.78 is 16.5. The van der Waals surface area contributed by atoms with Crippen molar-refractivity contribution in [2.45, 2.75) is 143 Å². The maximum Gasteiger partial charge on any atom is 0.306 e. The average Bonchev–Trinajstić information content (AvgIpc) is 2.75. The third-order valence-electron chi connectivity index (χ3n) is 5.41. The molecule has 0 N–H and O–H groups in total. The van der Waals surface area contributed by atoms with E-state index in [1.54, 1.807) is 0 Å². The van der Waals surface area contributed by atoms with Crippen molar-refractivity contribution in [3.05, 3.63) is 0 Å². The highest BCUT2D eigenvalue weighted by atomic mass is 16.6. The van der Waals surface area contributed by atoms with Gasteiger partial charge in [-0.15, -0.1) is 0 Å². The minimum Gasteiger partial charge on any atom is -0.466 e. The largest absolute Gasteiger partial charge is 0.466 e. The summed E-state index contributed by atoms with van der Waals surface area (Å²) in [7, 11) is 0. The van der Waals surface area contributed by atoms with E-state index in [0.29, 0.717) is 51.6 Å². The number of carbonyl (C=O) groups excluding carboxylic acids is 3. The molecule has 2 unspecified atom stereocenters. The molecule has 0 amide bonds. The number of hydrogen-bond donors (Lipinski definition) is 0. The molecule has 0 spiro atoms. The number of carbonyl (C=O) groups is 3. The fourth-order valence-corrected chi connectivity index (χ4v) is 3.40. The molecule has 0 heterocycles. The van der Waals surface area contributed by atoms with Crippen LogP contribution in [0.15, 0.2) is 0 Å². The van der Waals surface area contributed by atoms with Gasteiger partial charge in [0.05, 0.1) is 12.7 Å². The average molecular weight is 457 g/mol. The summed E-state index contributed by atoms with van der Waals surface area (Å²) in [6.07, 6.45) is 12.3. The van der Waals surface area contributed by atoms with Crippen LogP contribution in [0.2, 0.25) is 0 Å². The zero-order chi connectivity index (χ0) is 24.0. The minimum atomic E-state index is -0.246. The Kier molecular flexibility index (Phi) is 20.2. The number of esters is 3. The van der Waals surface area contributed by atoms with Crippen molar-refractivity contribution in [2.24, 2.45) is 0 Å². The first-order valence-corrected chi connectivity index (χ1v) is 13.0. The van der Waals surface area contributed by atoms with Gasteiger partial charge in [-0.2, -0.15) is 0 Å². The number of rotatable bonds is 21. The van der Waals surface area contributed by atoms with Crippen LogP contribution in [0, 0.1) is 0 Å². The highest BCUT2D eigenvalue weighted by Crippen LogP contribution is 2.16. The smallest absolute Gasteiger partial charge is 0.306 e. The summed E-state index contributed by atoms with van der Waals surface area (Å²) in [6.45, 7) is 8.53. The van der Waals surface area contributed by atoms with Gasteiger partial charge in [0.2, 0.25) is 0 Å². The number of hydrogen-bond acceptors (Lipinski definition) is 6. The van der Waals surface area contributed by atoms with Gasteiger partial charge in [-0.1, -0.05) is 59.3 Å². The topological polar surface area (TPSA) is 78.9 Å². The summed E-state index contributed by atoms with van der Waals surface area (Å²) in [4.78, 5) is 35.8. The van der Waals surface area contributed by atoms with Crippen LogP contribution in [0.5, 0.6) is 0 Å². The first-order valence-electron chi connectivity index (χ1n) is 13.0. The molecule has 0 aromatic heterocycles. The maximum absolute atomic E-state index is 12.2. The van der Waals surface area contributed by atoms with Gasteiger partial charge in [-0.05, 0) is 51.9 Å². The Morgan fingerprint density at radius 1 is 0.594 bits per heavy atom. The normalized spacial score (nSPS) is 12.8. The fraction of sp³-hybridized carbons (Fsp3) is 0.885. The molecule has 0 fully saturated rings. The molecule has 6 nitrogen and oxygen atoms in total. The summed E-state index contributed by atoms with van der Waals surface area (Å²) in [5.74, 6) is -0.492. The number of unbranched alkanes of at least 4 members (excludes halogenated alkanes) is 6. The lowest BCUT2D eigenvalue weighted by Crippen LogP contribution is -2.22. The van der Waals surface area contributed by atoms with E-state index in [0.717, 1.165) is 57.8 Å². The van der Waals surface area contributed by atoms with Crippen LogP contribution < -0.4 is 0 Å². The third-order valence-corrected chi connectivity index (χ3v) is 5.41. The van der Waals surface area contributed by atoms with E-state index < -0.39 is 0 Å². The van der Waals surface area contributed by atoms with E-state index in [1.807, 2.05) is 6.92 Å². The molecule has 0 aromatic carbocycles. The molecule has 0 aromatic rings. The Morgan fingerprint density at radius 3 is 1.62 bits per heavy atom. The van der Waals surface area contributed by atoms with Gasteiger partial charge >= 0.3 is 17.9 Å². The lowest BCUT2D eigenvalue weighted by atomic mass is 10.1. The molecule has 32 heavy (non-hydrogen) atoms. The van der Waals surface area contributed by atoms with Crippen molar-refractivity contribution in [3.63, 3.8) is 0 Å². The van der Waals surface area contributed by atoms with Crippen LogP contribution >= 0.6 is 0 Å². The predicted octanol–water partition coefficient (Wildman–Crippen LogP) is 6.67. The summed E-state index contributed by atoms with van der Waals surface area (Å²) in [6, 6.07) is 0. The van der Waals surface area contributed by atoms with Gasteiger partial charge in [-0.3, -0.25) is 14.4 Å². The summed E-state index contributed by atoms with van der Waals surface area (Å²) in [5.41, 5.74) is 0. The summed E-state index contributed by atoms with van der Waals surface area (Å²) >= 11 is 0. The molecule has 2 atom stereocenters. The van der Waals surface area contributed by atoms with E-state index >= 15 is 0 Å². The van der Waals surface area contributed by atoms with Crippen molar-refractivity contribution in [1.82, 2.24) is 0 Å². The molecule has 0 rings (SSSR count). The fourth-order valence-electron chi connectivity index (χ4n) is 3.40. The molecule has 0 aliphatic heterocycles. The van der Waals surface area contributed by atoms with E-state index in [-0.39, 0.29) is 30.1 Å². The van der Waals surface area contributed by atoms with Crippen LogP contribution in [-0.4, -0.2) is 36.7 Å². The van der Waals surface area contributed by atoms with Crippen molar-refractivity contribution in [3.8, 4) is 0 Å². The zero-order valence-electron chi connectivity index (χ0n) is 21.1. The molecule has 0 saturated heterocycles. The first kappa shape index (κ1) is 30.4. The Labute approximate surface area is 196 Å². The van der Waals surface area contributed by atoms with Gasteiger partial charge in [0.15, 0.2) is 0 Å². The number of ether oxygens (including phenoxy) is 3. The van der Waals surface area contributed by atoms with Crippen molar-refractivity contribution >= 4 is 17.9 Å². The summed E-state index contributed by atoms with van der Waals surface area (Å²) in [5, 5.41) is 0. The second-order valence-electron chi connectivity index (χ2n) is 8.72. The first-order chi connectivity index (χ1) is 15.4. The van der Waals surface area contributed by atoms with Gasteiger partial charge in [0, 0.05) is 19.3 Å². The van der Waals surface area contributed by atoms with E-state index in [2.05, 4.69) is 20.8 Å². The lowest BCUT2D eigenvalue weighted by Gasteiger charge is -2.20. The molecule has 0 saturated carbocycles. The van der Waals surface area contributed by atoms with E-state index in [1.165, 1.54) is 0 Å². The maximum atomic E-state index is 12.2. The second kappa shape index (κ2) is 21.3. The second-order valence-corrected chi connectivity index (χ2v) is 8.72. The quantitative estimate of drug-likeness (QED) is 0.109. The highest BCUT2D eigenvalue weighted by Gasteiger charge is 2.18. The van der Waals surface area contributed by atoms with Crippen molar-refractivity contribution in [1.29, 1.82) is 0 Å². The molecule has 0 radical (unpaired) electrons. The van der Waals surface area contributed by atoms with Crippen molar-refractivity contribution < 1.29 is 28.6 Å². The highest BCUT2D eigenvalue weighted by molar-refractivity contribution is 5.70. The van der Waals surface area contributed by atoms with Crippen LogP contribution in [0.1, 0.15) is 130 Å². The molecular formula is C26H48O6. The van der Waals surface area contributed by atoms with Crippen LogP contribution in [0.3, 0.4) is 0 Å². The van der Waals surface area contributed by atoms with Gasteiger partial charge in [0.1, 0.15) is 6.10 Å². The molecule has 188 valence electrons. The van der Waals surface area contributed by atoms with Crippen molar-refractivity contribution in [2.75, 3.05) is 6.61 Å². The van der Waals surface area contributed by atoms with Crippen LogP contribution in [0.4, 0.5) is 0 Å².